The second-order valence-corrected chi connectivity index (χ2v) is 3.98. The van der Waals surface area contributed by atoms with E-state index < -0.39 is 0 Å². The number of benzene rings is 1. The lowest BCUT2D eigenvalue weighted by atomic mass is 10.2. The molecular formula is C14H23NO3. The van der Waals surface area contributed by atoms with Crippen molar-refractivity contribution in [2.75, 3.05) is 40.6 Å². The van der Waals surface area contributed by atoms with Crippen molar-refractivity contribution >= 4 is 0 Å². The topological polar surface area (TPSA) is 39.7 Å². The first-order valence-electron chi connectivity index (χ1n) is 6.27. The van der Waals surface area contributed by atoms with E-state index in [0.717, 1.165) is 45.1 Å². The third kappa shape index (κ3) is 6.59. The van der Waals surface area contributed by atoms with Crippen molar-refractivity contribution < 1.29 is 14.2 Å². The third-order valence-corrected chi connectivity index (χ3v) is 2.55. The van der Waals surface area contributed by atoms with Crippen molar-refractivity contribution in [3.63, 3.8) is 0 Å². The van der Waals surface area contributed by atoms with Crippen molar-refractivity contribution in [2.24, 2.45) is 0 Å². The Balaban J connectivity index is 2.00. The second kappa shape index (κ2) is 9.88. The summed E-state index contributed by atoms with van der Waals surface area (Å²) in [5.41, 5.74) is 1.25. The van der Waals surface area contributed by atoms with Crippen molar-refractivity contribution in [1.29, 1.82) is 0 Å². The molecule has 0 spiro atoms. The third-order valence-electron chi connectivity index (χ3n) is 2.55. The van der Waals surface area contributed by atoms with Crippen LogP contribution in [-0.2, 0) is 16.0 Å². The van der Waals surface area contributed by atoms with Gasteiger partial charge in [-0.1, -0.05) is 12.1 Å². The zero-order valence-electron chi connectivity index (χ0n) is 11.3. The molecular weight excluding hydrogens is 230 g/mol. The summed E-state index contributed by atoms with van der Waals surface area (Å²) in [7, 11) is 3.38. The average molecular weight is 253 g/mol. The molecule has 1 aromatic rings. The van der Waals surface area contributed by atoms with E-state index in [4.69, 9.17) is 14.2 Å². The molecule has 0 aliphatic heterocycles. The highest BCUT2D eigenvalue weighted by Gasteiger charge is 1.94. The van der Waals surface area contributed by atoms with Gasteiger partial charge in [0.25, 0.3) is 0 Å². The lowest BCUT2D eigenvalue weighted by molar-refractivity contribution is 0.104. The molecule has 0 unspecified atom stereocenters. The van der Waals surface area contributed by atoms with E-state index in [1.807, 2.05) is 12.1 Å². The fourth-order valence-corrected chi connectivity index (χ4v) is 1.53. The first kappa shape index (κ1) is 15.0. The van der Waals surface area contributed by atoms with Gasteiger partial charge in [0.1, 0.15) is 5.75 Å². The summed E-state index contributed by atoms with van der Waals surface area (Å²) < 4.78 is 15.5. The van der Waals surface area contributed by atoms with E-state index >= 15 is 0 Å². The van der Waals surface area contributed by atoms with Gasteiger partial charge in [-0.15, -0.1) is 0 Å². The summed E-state index contributed by atoms with van der Waals surface area (Å²) in [6, 6.07) is 8.06. The molecule has 0 atom stereocenters. The highest BCUT2D eigenvalue weighted by Crippen LogP contribution is 2.10. The molecule has 0 radical (unpaired) electrons. The van der Waals surface area contributed by atoms with Crippen molar-refractivity contribution in [1.82, 2.24) is 5.32 Å². The first-order chi connectivity index (χ1) is 8.86. The van der Waals surface area contributed by atoms with Crippen LogP contribution in [0.15, 0.2) is 24.3 Å². The zero-order chi connectivity index (χ0) is 13.1. The lowest BCUT2D eigenvalue weighted by Gasteiger charge is -2.07. The van der Waals surface area contributed by atoms with Gasteiger partial charge in [-0.25, -0.2) is 0 Å². The average Bonchev–Trinajstić information content (AvgIpc) is 2.42. The van der Waals surface area contributed by atoms with Gasteiger partial charge >= 0.3 is 0 Å². The molecule has 0 aromatic heterocycles. The molecule has 0 bridgehead atoms. The molecule has 1 aromatic carbocycles. The van der Waals surface area contributed by atoms with Gasteiger partial charge in [-0.05, 0) is 24.1 Å². The Kier molecular flexibility index (Phi) is 8.21. The van der Waals surface area contributed by atoms with Crippen LogP contribution in [0.3, 0.4) is 0 Å². The Morgan fingerprint density at radius 2 is 1.78 bits per heavy atom. The summed E-state index contributed by atoms with van der Waals surface area (Å²) in [5, 5.41) is 3.33. The highest BCUT2D eigenvalue weighted by molar-refractivity contribution is 5.26. The van der Waals surface area contributed by atoms with Crippen LogP contribution in [0.25, 0.3) is 0 Å². The summed E-state index contributed by atoms with van der Waals surface area (Å²) in [5.74, 6) is 0.889. The molecule has 0 amide bonds. The molecule has 4 nitrogen and oxygen atoms in total. The molecule has 0 fully saturated rings. The molecule has 0 saturated carbocycles. The Bertz CT molecular complexity index is 300. The van der Waals surface area contributed by atoms with Gasteiger partial charge in [0.15, 0.2) is 0 Å². The van der Waals surface area contributed by atoms with Crippen LogP contribution < -0.4 is 10.1 Å². The summed E-state index contributed by atoms with van der Waals surface area (Å²) in [6.45, 7) is 3.97. The van der Waals surface area contributed by atoms with Crippen LogP contribution in [-0.4, -0.2) is 40.6 Å². The Hall–Kier alpha value is -1.10. The Morgan fingerprint density at radius 3 is 2.44 bits per heavy atom. The fraction of sp³-hybridized carbons (Fsp3) is 0.571. The molecule has 1 rings (SSSR count). The van der Waals surface area contributed by atoms with E-state index in [9.17, 15) is 0 Å². The maximum Gasteiger partial charge on any atom is 0.118 e. The van der Waals surface area contributed by atoms with Gasteiger partial charge in [0, 0.05) is 33.4 Å². The fourth-order valence-electron chi connectivity index (χ4n) is 1.53. The summed E-state index contributed by atoms with van der Waals surface area (Å²) in [4.78, 5) is 0. The molecule has 1 N–H and O–H groups in total. The second-order valence-electron chi connectivity index (χ2n) is 3.98. The van der Waals surface area contributed by atoms with E-state index in [0.29, 0.717) is 0 Å². The number of rotatable bonds is 10. The van der Waals surface area contributed by atoms with Crippen LogP contribution in [0.2, 0.25) is 0 Å². The van der Waals surface area contributed by atoms with E-state index in [-0.39, 0.29) is 0 Å². The molecule has 102 valence electrons. The molecule has 0 saturated heterocycles. The van der Waals surface area contributed by atoms with Crippen LogP contribution in [0, 0.1) is 0 Å². The number of nitrogens with one attached hydrogen (secondary N) is 1. The highest BCUT2D eigenvalue weighted by atomic mass is 16.5. The van der Waals surface area contributed by atoms with Crippen molar-refractivity contribution in [2.45, 2.75) is 13.0 Å². The molecule has 0 heterocycles. The van der Waals surface area contributed by atoms with Gasteiger partial charge < -0.3 is 19.5 Å². The number of ether oxygens (including phenoxy) is 3. The van der Waals surface area contributed by atoms with Crippen LogP contribution in [0.5, 0.6) is 5.75 Å². The van der Waals surface area contributed by atoms with E-state index in [2.05, 4.69) is 17.4 Å². The van der Waals surface area contributed by atoms with Crippen molar-refractivity contribution in [3.05, 3.63) is 29.8 Å². The lowest BCUT2D eigenvalue weighted by Crippen LogP contribution is -2.19. The number of methoxy groups -OCH3 is 2. The molecule has 0 aliphatic rings. The monoisotopic (exact) mass is 253 g/mol. The SMILES string of the molecule is COCCCOCCNCc1ccc(OC)cc1. The predicted octanol–water partition coefficient (Wildman–Crippen LogP) is 1.84. The van der Waals surface area contributed by atoms with E-state index in [1.165, 1.54) is 5.56 Å². The van der Waals surface area contributed by atoms with Gasteiger partial charge in [0.05, 0.1) is 13.7 Å². The minimum Gasteiger partial charge on any atom is -0.497 e. The number of hydrogen-bond donors (Lipinski definition) is 1. The summed E-state index contributed by atoms with van der Waals surface area (Å²) in [6.07, 6.45) is 0.953. The Morgan fingerprint density at radius 1 is 1.00 bits per heavy atom. The maximum atomic E-state index is 5.45. The molecule has 0 aliphatic carbocycles. The predicted molar refractivity (Wildman–Crippen MR) is 72.0 cm³/mol. The van der Waals surface area contributed by atoms with Crippen molar-refractivity contribution in [3.8, 4) is 5.75 Å². The zero-order valence-corrected chi connectivity index (χ0v) is 11.3. The minimum atomic E-state index is 0.736. The minimum absolute atomic E-state index is 0.736. The van der Waals surface area contributed by atoms with Gasteiger partial charge in [-0.2, -0.15) is 0 Å². The maximum absolute atomic E-state index is 5.45. The van der Waals surface area contributed by atoms with Gasteiger partial charge in [0.2, 0.25) is 0 Å². The Labute approximate surface area is 109 Å². The standard InChI is InChI=1S/C14H23NO3/c1-16-9-3-10-18-11-8-15-12-13-4-6-14(17-2)7-5-13/h4-7,15H,3,8-12H2,1-2H3. The molecule has 4 heteroatoms. The smallest absolute Gasteiger partial charge is 0.118 e. The quantitative estimate of drug-likeness (QED) is 0.646. The largest absolute Gasteiger partial charge is 0.497 e. The normalized spacial score (nSPS) is 10.6. The van der Waals surface area contributed by atoms with Crippen LogP contribution >= 0.6 is 0 Å². The van der Waals surface area contributed by atoms with E-state index in [1.54, 1.807) is 14.2 Å². The molecule has 18 heavy (non-hydrogen) atoms. The summed E-state index contributed by atoms with van der Waals surface area (Å²) >= 11 is 0. The van der Waals surface area contributed by atoms with Gasteiger partial charge in [-0.3, -0.25) is 0 Å². The van der Waals surface area contributed by atoms with Crippen LogP contribution in [0.1, 0.15) is 12.0 Å². The first-order valence-corrected chi connectivity index (χ1v) is 6.27. The van der Waals surface area contributed by atoms with Crippen LogP contribution in [0.4, 0.5) is 0 Å². The number of hydrogen-bond acceptors (Lipinski definition) is 4.